The third-order valence-electron chi connectivity index (χ3n) is 5.55. The fraction of sp³-hybridized carbons (Fsp3) is 0.208. The van der Waals surface area contributed by atoms with Crippen LogP contribution in [-0.2, 0) is 16.1 Å². The number of carbonyl (C=O) groups excluding carboxylic acids is 2. The third kappa shape index (κ3) is 3.99. The molecule has 0 spiro atoms. The normalized spacial score (nSPS) is 17.8. The molecule has 2 aromatic carbocycles. The van der Waals surface area contributed by atoms with Gasteiger partial charge >= 0.3 is 0 Å². The van der Waals surface area contributed by atoms with Crippen LogP contribution in [0.3, 0.4) is 0 Å². The number of phenols is 1. The fourth-order valence-corrected chi connectivity index (χ4v) is 3.89. The van der Waals surface area contributed by atoms with Crippen LogP contribution in [0.25, 0.3) is 5.76 Å². The van der Waals surface area contributed by atoms with E-state index in [1.54, 1.807) is 37.8 Å². The Labute approximate surface area is 184 Å². The van der Waals surface area contributed by atoms with Crippen molar-refractivity contribution in [2.45, 2.75) is 25.9 Å². The lowest BCUT2D eigenvalue weighted by Crippen LogP contribution is -2.31. The van der Waals surface area contributed by atoms with Crippen LogP contribution in [0, 0.1) is 12.7 Å². The lowest BCUT2D eigenvalue weighted by Gasteiger charge is -2.25. The Kier molecular flexibility index (Phi) is 5.77. The maximum atomic E-state index is 14.1. The Morgan fingerprint density at radius 2 is 1.97 bits per heavy atom. The van der Waals surface area contributed by atoms with Gasteiger partial charge in [-0.05, 0) is 42.7 Å². The van der Waals surface area contributed by atoms with Crippen molar-refractivity contribution in [3.05, 3.63) is 89.3 Å². The summed E-state index contributed by atoms with van der Waals surface area (Å²) in [6.45, 7) is 2.41. The first-order valence-corrected chi connectivity index (χ1v) is 10.2. The Balaban J connectivity index is 1.75. The number of amides is 1. The molecule has 0 saturated carbocycles. The van der Waals surface area contributed by atoms with Gasteiger partial charge in [-0.3, -0.25) is 9.59 Å². The van der Waals surface area contributed by atoms with Crippen molar-refractivity contribution in [1.82, 2.24) is 14.5 Å². The van der Waals surface area contributed by atoms with Crippen LogP contribution in [0.15, 0.2) is 66.8 Å². The van der Waals surface area contributed by atoms with Gasteiger partial charge in [0.05, 0.1) is 17.9 Å². The van der Waals surface area contributed by atoms with Gasteiger partial charge in [0, 0.05) is 31.0 Å². The van der Waals surface area contributed by atoms with Crippen molar-refractivity contribution >= 4 is 17.4 Å². The fourth-order valence-electron chi connectivity index (χ4n) is 3.89. The molecule has 4 rings (SSSR count). The van der Waals surface area contributed by atoms with E-state index in [4.69, 9.17) is 0 Å². The number of ketones is 1. The van der Waals surface area contributed by atoms with Crippen molar-refractivity contribution < 1.29 is 24.2 Å². The number of hydrogen-bond donors (Lipinski definition) is 2. The predicted molar refractivity (Wildman–Crippen MR) is 115 cm³/mol. The standard InChI is InChI=1S/C24H22FN3O4/c1-15-6-7-17(13-19(15)25)22(30)20-21(16-4-2-5-18(29)12-16)28(24(32)23(20)31)10-3-9-27-11-8-26-14-27/h2,4-8,11-14,21,29-30H,3,9-10H2,1H3/t21-/m0/s1. The summed E-state index contributed by atoms with van der Waals surface area (Å²) in [4.78, 5) is 31.2. The van der Waals surface area contributed by atoms with Gasteiger partial charge in [0.15, 0.2) is 0 Å². The average Bonchev–Trinajstić information content (AvgIpc) is 3.37. The summed E-state index contributed by atoms with van der Waals surface area (Å²) >= 11 is 0. The highest BCUT2D eigenvalue weighted by atomic mass is 19.1. The van der Waals surface area contributed by atoms with Crippen LogP contribution in [0.5, 0.6) is 5.75 Å². The lowest BCUT2D eigenvalue weighted by atomic mass is 9.94. The number of imidazole rings is 1. The van der Waals surface area contributed by atoms with E-state index < -0.39 is 29.3 Å². The molecule has 0 unspecified atom stereocenters. The van der Waals surface area contributed by atoms with Gasteiger partial charge in [-0.15, -0.1) is 0 Å². The van der Waals surface area contributed by atoms with Crippen molar-refractivity contribution in [1.29, 1.82) is 0 Å². The Morgan fingerprint density at radius 3 is 2.66 bits per heavy atom. The summed E-state index contributed by atoms with van der Waals surface area (Å²) in [6, 6.07) is 9.41. The molecular formula is C24H22FN3O4. The number of phenolic OH excluding ortho intramolecular Hbond substituents is 1. The minimum absolute atomic E-state index is 0.0344. The van der Waals surface area contributed by atoms with Crippen molar-refractivity contribution in [3.63, 3.8) is 0 Å². The molecule has 8 heteroatoms. The number of likely N-dealkylation sites (tertiary alicyclic amines) is 1. The van der Waals surface area contributed by atoms with Gasteiger partial charge in [0.25, 0.3) is 11.7 Å². The van der Waals surface area contributed by atoms with Gasteiger partial charge in [-0.25, -0.2) is 9.37 Å². The number of hydrogen-bond acceptors (Lipinski definition) is 5. The van der Waals surface area contributed by atoms with Crippen LogP contribution in [-0.4, -0.2) is 42.9 Å². The highest BCUT2D eigenvalue weighted by Gasteiger charge is 2.45. The average molecular weight is 435 g/mol. The second kappa shape index (κ2) is 8.66. The van der Waals surface area contributed by atoms with E-state index >= 15 is 0 Å². The van der Waals surface area contributed by atoms with Gasteiger partial charge in [0.1, 0.15) is 17.3 Å². The smallest absolute Gasteiger partial charge is 0.295 e. The molecule has 32 heavy (non-hydrogen) atoms. The molecule has 0 aliphatic carbocycles. The zero-order valence-corrected chi connectivity index (χ0v) is 17.4. The van der Waals surface area contributed by atoms with Crippen molar-refractivity contribution in [2.75, 3.05) is 6.54 Å². The first kappa shape index (κ1) is 21.3. The molecule has 164 valence electrons. The molecule has 1 atom stereocenters. The monoisotopic (exact) mass is 435 g/mol. The molecule has 0 radical (unpaired) electrons. The Bertz CT molecular complexity index is 1200. The minimum Gasteiger partial charge on any atom is -0.508 e. The summed E-state index contributed by atoms with van der Waals surface area (Å²) in [6.07, 6.45) is 5.65. The quantitative estimate of drug-likeness (QED) is 0.351. The van der Waals surface area contributed by atoms with Crippen LogP contribution >= 0.6 is 0 Å². The maximum Gasteiger partial charge on any atom is 0.295 e. The zero-order valence-electron chi connectivity index (χ0n) is 17.4. The largest absolute Gasteiger partial charge is 0.508 e. The zero-order chi connectivity index (χ0) is 22.8. The lowest BCUT2D eigenvalue weighted by molar-refractivity contribution is -0.139. The van der Waals surface area contributed by atoms with E-state index in [2.05, 4.69) is 4.98 Å². The van der Waals surface area contributed by atoms with Gasteiger partial charge in [-0.1, -0.05) is 24.3 Å². The van der Waals surface area contributed by atoms with Gasteiger partial charge in [0.2, 0.25) is 0 Å². The van der Waals surface area contributed by atoms with E-state index in [0.29, 0.717) is 24.1 Å². The molecule has 3 aromatic rings. The number of benzene rings is 2. The SMILES string of the molecule is Cc1ccc(C(O)=C2C(=O)C(=O)N(CCCn3ccnc3)[C@H]2c2cccc(O)c2)cc1F. The van der Waals surface area contributed by atoms with Crippen molar-refractivity contribution in [2.24, 2.45) is 0 Å². The van der Waals surface area contributed by atoms with Crippen LogP contribution in [0.1, 0.15) is 29.2 Å². The van der Waals surface area contributed by atoms with E-state index in [0.717, 1.165) is 6.07 Å². The minimum atomic E-state index is -0.908. The Morgan fingerprint density at radius 1 is 1.16 bits per heavy atom. The van der Waals surface area contributed by atoms with Crippen molar-refractivity contribution in [3.8, 4) is 5.75 Å². The molecule has 1 aliphatic rings. The van der Waals surface area contributed by atoms with Gasteiger partial charge in [-0.2, -0.15) is 0 Å². The number of aliphatic hydroxyl groups is 1. The molecule has 0 bridgehead atoms. The first-order valence-electron chi connectivity index (χ1n) is 10.2. The third-order valence-corrected chi connectivity index (χ3v) is 5.55. The van der Waals surface area contributed by atoms with Crippen LogP contribution in [0.4, 0.5) is 4.39 Å². The molecule has 1 saturated heterocycles. The number of Topliss-reactive ketones (excluding diaryl/α,β-unsaturated/α-hetero) is 1. The summed E-state index contributed by atoms with van der Waals surface area (Å²) in [5, 5.41) is 20.9. The predicted octanol–water partition coefficient (Wildman–Crippen LogP) is 3.55. The van der Waals surface area contributed by atoms with E-state index in [9.17, 15) is 24.2 Å². The molecule has 1 fully saturated rings. The number of aliphatic hydroxyl groups excluding tert-OH is 1. The van der Waals surface area contributed by atoms with Crippen LogP contribution < -0.4 is 0 Å². The highest BCUT2D eigenvalue weighted by Crippen LogP contribution is 2.40. The summed E-state index contributed by atoms with van der Waals surface area (Å²) < 4.78 is 16.0. The number of aromatic nitrogens is 2. The number of aromatic hydroxyl groups is 1. The Hall–Kier alpha value is -3.94. The number of aryl methyl sites for hydroxylation is 2. The van der Waals surface area contributed by atoms with Crippen LogP contribution in [0.2, 0.25) is 0 Å². The molecule has 1 aliphatic heterocycles. The maximum absolute atomic E-state index is 14.1. The highest BCUT2D eigenvalue weighted by molar-refractivity contribution is 6.46. The molecule has 1 amide bonds. The molecule has 2 N–H and O–H groups in total. The number of rotatable bonds is 6. The topological polar surface area (TPSA) is 95.7 Å². The number of carbonyl (C=O) groups is 2. The number of halogens is 1. The molecule has 2 heterocycles. The molecule has 1 aromatic heterocycles. The second-order valence-electron chi connectivity index (χ2n) is 7.71. The summed E-state index contributed by atoms with van der Waals surface area (Å²) in [7, 11) is 0. The van der Waals surface area contributed by atoms with E-state index in [1.165, 1.54) is 29.2 Å². The van der Waals surface area contributed by atoms with E-state index in [1.807, 2.05) is 4.57 Å². The summed E-state index contributed by atoms with van der Waals surface area (Å²) in [5.74, 6) is -2.62. The van der Waals surface area contributed by atoms with E-state index in [-0.39, 0.29) is 23.4 Å². The second-order valence-corrected chi connectivity index (χ2v) is 7.71. The summed E-state index contributed by atoms with van der Waals surface area (Å²) in [5.41, 5.74) is 0.841. The molecule has 7 nitrogen and oxygen atoms in total. The number of nitrogens with zero attached hydrogens (tertiary/aromatic N) is 3. The molecular weight excluding hydrogens is 413 g/mol. The first-order chi connectivity index (χ1) is 15.4. The van der Waals surface area contributed by atoms with Gasteiger partial charge < -0.3 is 19.7 Å².